The van der Waals surface area contributed by atoms with Crippen LogP contribution in [-0.4, -0.2) is 15.0 Å². The molecule has 66 valence electrons. The SMILES string of the molecule is Clc1nc(-c2cncs2)ncc1I. The highest BCUT2D eigenvalue weighted by Gasteiger charge is 2.05. The first-order chi connectivity index (χ1) is 6.27. The highest BCUT2D eigenvalue weighted by atomic mass is 127. The summed E-state index contributed by atoms with van der Waals surface area (Å²) in [7, 11) is 0. The van der Waals surface area contributed by atoms with Crippen LogP contribution in [0, 0.1) is 3.57 Å². The maximum Gasteiger partial charge on any atom is 0.172 e. The van der Waals surface area contributed by atoms with Crippen molar-refractivity contribution in [1.82, 2.24) is 15.0 Å². The molecule has 0 atom stereocenters. The predicted molar refractivity (Wildman–Crippen MR) is 60.9 cm³/mol. The number of hydrogen-bond donors (Lipinski definition) is 0. The molecule has 2 aromatic heterocycles. The lowest BCUT2D eigenvalue weighted by Crippen LogP contribution is -1.89. The van der Waals surface area contributed by atoms with Crippen LogP contribution in [0.3, 0.4) is 0 Å². The van der Waals surface area contributed by atoms with Crippen LogP contribution in [0.4, 0.5) is 0 Å². The van der Waals surface area contributed by atoms with Gasteiger partial charge in [-0.15, -0.1) is 11.3 Å². The Balaban J connectivity index is 2.49. The fourth-order valence-corrected chi connectivity index (χ4v) is 1.74. The molecule has 0 aliphatic heterocycles. The molecule has 0 radical (unpaired) electrons. The number of rotatable bonds is 1. The van der Waals surface area contributed by atoms with Gasteiger partial charge in [0.2, 0.25) is 0 Å². The molecule has 3 nitrogen and oxygen atoms in total. The molecule has 0 aromatic carbocycles. The molecule has 2 aromatic rings. The summed E-state index contributed by atoms with van der Waals surface area (Å²) in [5.74, 6) is 0.632. The minimum Gasteiger partial charge on any atom is -0.252 e. The van der Waals surface area contributed by atoms with E-state index in [1.54, 1.807) is 17.9 Å². The molecule has 13 heavy (non-hydrogen) atoms. The fourth-order valence-electron chi connectivity index (χ4n) is 0.791. The zero-order valence-corrected chi connectivity index (χ0v) is 9.97. The van der Waals surface area contributed by atoms with Crippen molar-refractivity contribution >= 4 is 45.5 Å². The van der Waals surface area contributed by atoms with E-state index in [0.29, 0.717) is 11.0 Å². The molecule has 0 aliphatic rings. The summed E-state index contributed by atoms with van der Waals surface area (Å²) in [4.78, 5) is 13.2. The average molecular weight is 324 g/mol. The van der Waals surface area contributed by atoms with Gasteiger partial charge in [-0.3, -0.25) is 4.98 Å². The van der Waals surface area contributed by atoms with Gasteiger partial charge in [0.05, 0.1) is 14.0 Å². The Bertz CT molecular complexity index is 418. The van der Waals surface area contributed by atoms with Gasteiger partial charge >= 0.3 is 0 Å². The van der Waals surface area contributed by atoms with Crippen molar-refractivity contribution < 1.29 is 0 Å². The fraction of sp³-hybridized carbons (Fsp3) is 0. The Morgan fingerprint density at radius 2 is 2.23 bits per heavy atom. The smallest absolute Gasteiger partial charge is 0.172 e. The molecule has 2 rings (SSSR count). The summed E-state index contributed by atoms with van der Waals surface area (Å²) in [5.41, 5.74) is 1.74. The number of halogens is 2. The quantitative estimate of drug-likeness (QED) is 0.598. The topological polar surface area (TPSA) is 38.7 Å². The van der Waals surface area contributed by atoms with E-state index in [-0.39, 0.29) is 0 Å². The molecule has 6 heteroatoms. The van der Waals surface area contributed by atoms with Gasteiger partial charge in [0.25, 0.3) is 0 Å². The molecule has 0 saturated heterocycles. The van der Waals surface area contributed by atoms with Crippen LogP contribution >= 0.6 is 45.5 Å². The third kappa shape index (κ3) is 1.97. The summed E-state index contributed by atoms with van der Waals surface area (Å²) in [5, 5.41) is 0.485. The second-order valence-electron chi connectivity index (χ2n) is 2.20. The van der Waals surface area contributed by atoms with Gasteiger partial charge < -0.3 is 0 Å². The first-order valence-electron chi connectivity index (χ1n) is 3.34. The van der Waals surface area contributed by atoms with Gasteiger partial charge in [-0.25, -0.2) is 9.97 Å². The van der Waals surface area contributed by atoms with Gasteiger partial charge in [-0.1, -0.05) is 11.6 Å². The van der Waals surface area contributed by atoms with Crippen molar-refractivity contribution in [3.05, 3.63) is 26.6 Å². The lowest BCUT2D eigenvalue weighted by molar-refractivity contribution is 1.16. The molecule has 0 bridgehead atoms. The maximum absolute atomic E-state index is 5.86. The van der Waals surface area contributed by atoms with Crippen LogP contribution in [0.1, 0.15) is 0 Å². The van der Waals surface area contributed by atoms with Crippen LogP contribution in [0.2, 0.25) is 5.15 Å². The zero-order valence-electron chi connectivity index (χ0n) is 6.24. The minimum atomic E-state index is 0.485. The third-order valence-corrected chi connectivity index (χ3v) is 3.52. The Morgan fingerprint density at radius 3 is 2.85 bits per heavy atom. The summed E-state index contributed by atoms with van der Waals surface area (Å²) >= 11 is 9.44. The molecule has 0 aliphatic carbocycles. The van der Waals surface area contributed by atoms with Crippen molar-refractivity contribution in [3.63, 3.8) is 0 Å². The molecular weight excluding hydrogens is 321 g/mol. The van der Waals surface area contributed by atoms with E-state index in [0.717, 1.165) is 8.45 Å². The molecule has 0 saturated carbocycles. The Hall–Kier alpha value is -0.270. The standard InChI is InChI=1S/C7H3ClIN3S/c8-6-4(9)1-11-7(12-6)5-2-10-3-13-5/h1-3H. The van der Waals surface area contributed by atoms with Crippen molar-refractivity contribution in [3.8, 4) is 10.7 Å². The average Bonchev–Trinajstić information content (AvgIpc) is 2.62. The van der Waals surface area contributed by atoms with Crippen LogP contribution in [-0.2, 0) is 0 Å². The summed E-state index contributed by atoms with van der Waals surface area (Å²) in [6.45, 7) is 0. The van der Waals surface area contributed by atoms with E-state index in [2.05, 4.69) is 37.5 Å². The van der Waals surface area contributed by atoms with E-state index in [4.69, 9.17) is 11.6 Å². The Kier molecular flexibility index (Phi) is 2.75. The predicted octanol–water partition coefficient (Wildman–Crippen LogP) is 2.86. The highest BCUT2D eigenvalue weighted by molar-refractivity contribution is 14.1. The Labute approximate surface area is 97.4 Å². The van der Waals surface area contributed by atoms with Crippen LogP contribution in [0.25, 0.3) is 10.7 Å². The molecule has 0 N–H and O–H groups in total. The second-order valence-corrected chi connectivity index (χ2v) is 4.60. The van der Waals surface area contributed by atoms with E-state index >= 15 is 0 Å². The lowest BCUT2D eigenvalue weighted by atomic mass is 10.5. The second kappa shape index (κ2) is 3.85. The maximum atomic E-state index is 5.86. The molecular formula is C7H3ClIN3S. The third-order valence-electron chi connectivity index (χ3n) is 1.35. The van der Waals surface area contributed by atoms with E-state index in [1.807, 2.05) is 0 Å². The van der Waals surface area contributed by atoms with Crippen LogP contribution < -0.4 is 0 Å². The lowest BCUT2D eigenvalue weighted by Gasteiger charge is -1.96. The van der Waals surface area contributed by atoms with Gasteiger partial charge in [-0.2, -0.15) is 0 Å². The first kappa shape index (κ1) is 9.29. The normalized spacial score (nSPS) is 10.3. The van der Waals surface area contributed by atoms with E-state index in [9.17, 15) is 0 Å². The van der Waals surface area contributed by atoms with Gasteiger partial charge in [0.1, 0.15) is 5.15 Å². The van der Waals surface area contributed by atoms with Gasteiger partial charge in [0, 0.05) is 12.4 Å². The zero-order chi connectivity index (χ0) is 9.26. The van der Waals surface area contributed by atoms with E-state index in [1.165, 1.54) is 11.3 Å². The van der Waals surface area contributed by atoms with Crippen molar-refractivity contribution in [2.45, 2.75) is 0 Å². The summed E-state index contributed by atoms with van der Waals surface area (Å²) in [6, 6.07) is 0. The number of thiazole rings is 1. The van der Waals surface area contributed by atoms with Crippen molar-refractivity contribution in [2.24, 2.45) is 0 Å². The molecule has 2 heterocycles. The van der Waals surface area contributed by atoms with Crippen molar-refractivity contribution in [1.29, 1.82) is 0 Å². The summed E-state index contributed by atoms with van der Waals surface area (Å²) < 4.78 is 0.854. The van der Waals surface area contributed by atoms with Crippen molar-refractivity contribution in [2.75, 3.05) is 0 Å². The highest BCUT2D eigenvalue weighted by Crippen LogP contribution is 2.22. The van der Waals surface area contributed by atoms with Crippen LogP contribution in [0.15, 0.2) is 17.9 Å². The molecule has 0 unspecified atom stereocenters. The minimum absolute atomic E-state index is 0.485. The molecule has 0 spiro atoms. The number of hydrogen-bond acceptors (Lipinski definition) is 4. The van der Waals surface area contributed by atoms with E-state index < -0.39 is 0 Å². The first-order valence-corrected chi connectivity index (χ1v) is 5.68. The summed E-state index contributed by atoms with van der Waals surface area (Å²) in [6.07, 6.45) is 3.42. The van der Waals surface area contributed by atoms with Gasteiger partial charge in [-0.05, 0) is 22.6 Å². The van der Waals surface area contributed by atoms with Gasteiger partial charge in [0.15, 0.2) is 5.82 Å². The number of aromatic nitrogens is 3. The Morgan fingerprint density at radius 1 is 1.38 bits per heavy atom. The monoisotopic (exact) mass is 323 g/mol. The number of nitrogens with zero attached hydrogens (tertiary/aromatic N) is 3. The molecule has 0 fully saturated rings. The molecule has 0 amide bonds. The largest absolute Gasteiger partial charge is 0.252 e. The van der Waals surface area contributed by atoms with Crippen LogP contribution in [0.5, 0.6) is 0 Å².